The van der Waals surface area contributed by atoms with Crippen LogP contribution in [0.3, 0.4) is 0 Å². The van der Waals surface area contributed by atoms with E-state index in [2.05, 4.69) is 10.2 Å². The summed E-state index contributed by atoms with van der Waals surface area (Å²) in [6, 6.07) is 15.0. The van der Waals surface area contributed by atoms with Gasteiger partial charge in [0.2, 0.25) is 10.0 Å². The summed E-state index contributed by atoms with van der Waals surface area (Å²) in [4.78, 5) is 1.53. The summed E-state index contributed by atoms with van der Waals surface area (Å²) < 4.78 is 71.4. The van der Waals surface area contributed by atoms with Crippen LogP contribution in [0.2, 0.25) is 0 Å². The lowest BCUT2D eigenvalue weighted by Gasteiger charge is -2.34. The van der Waals surface area contributed by atoms with Crippen LogP contribution in [0, 0.1) is 0 Å². The molecule has 0 spiro atoms. The molecule has 0 aliphatic carbocycles. The van der Waals surface area contributed by atoms with Gasteiger partial charge in [0.1, 0.15) is 5.75 Å². The van der Waals surface area contributed by atoms with E-state index in [1.54, 1.807) is 0 Å². The third-order valence-corrected chi connectivity index (χ3v) is 7.37. The molecule has 2 aromatic carbocycles. The first-order valence-electron chi connectivity index (χ1n) is 10.7. The summed E-state index contributed by atoms with van der Waals surface area (Å²) >= 11 is 0. The largest absolute Gasteiger partial charge is 0.494 e. The van der Waals surface area contributed by atoms with Crippen LogP contribution in [-0.4, -0.2) is 55.7 Å². The molecule has 1 saturated heterocycles. The van der Waals surface area contributed by atoms with E-state index < -0.39 is 21.8 Å². The highest BCUT2D eigenvalue weighted by atomic mass is 32.2. The minimum Gasteiger partial charge on any atom is -0.494 e. The van der Waals surface area contributed by atoms with Gasteiger partial charge in [-0.15, -0.1) is 10.2 Å². The summed E-state index contributed by atoms with van der Waals surface area (Å²) in [6.45, 7) is 3.44. The van der Waals surface area contributed by atoms with E-state index in [4.69, 9.17) is 4.74 Å². The van der Waals surface area contributed by atoms with Gasteiger partial charge in [-0.1, -0.05) is 6.07 Å². The number of halogens is 3. The van der Waals surface area contributed by atoms with Gasteiger partial charge in [0, 0.05) is 31.7 Å². The van der Waals surface area contributed by atoms with Gasteiger partial charge in [-0.3, -0.25) is 0 Å². The Morgan fingerprint density at radius 3 is 2.24 bits per heavy atom. The number of alkyl halides is 3. The topological polar surface area (TPSA) is 75.6 Å². The van der Waals surface area contributed by atoms with Crippen molar-refractivity contribution in [3.63, 3.8) is 0 Å². The molecule has 1 aromatic heterocycles. The fraction of sp³-hybridized carbons (Fsp3) is 0.304. The Labute approximate surface area is 195 Å². The van der Waals surface area contributed by atoms with Gasteiger partial charge in [0.25, 0.3) is 0 Å². The number of hydrogen-bond donors (Lipinski definition) is 0. The normalized spacial score (nSPS) is 15.4. The fourth-order valence-electron chi connectivity index (χ4n) is 3.68. The molecule has 0 atom stereocenters. The van der Waals surface area contributed by atoms with Gasteiger partial charge < -0.3 is 9.64 Å². The van der Waals surface area contributed by atoms with Crippen molar-refractivity contribution in [2.75, 3.05) is 37.7 Å². The van der Waals surface area contributed by atoms with Crippen molar-refractivity contribution in [3.05, 3.63) is 66.2 Å². The van der Waals surface area contributed by atoms with E-state index in [0.29, 0.717) is 37.3 Å². The Kier molecular flexibility index (Phi) is 6.76. The molecule has 0 radical (unpaired) electrons. The van der Waals surface area contributed by atoms with Gasteiger partial charge in [-0.2, -0.15) is 17.5 Å². The molecule has 0 unspecified atom stereocenters. The highest BCUT2D eigenvalue weighted by molar-refractivity contribution is 7.89. The number of rotatable bonds is 6. The van der Waals surface area contributed by atoms with Crippen molar-refractivity contribution in [2.24, 2.45) is 0 Å². The lowest BCUT2D eigenvalue weighted by atomic mass is 10.1. The summed E-state index contributed by atoms with van der Waals surface area (Å²) in [5.74, 6) is 1.37. The number of hydrogen-bond acceptors (Lipinski definition) is 6. The first-order valence-corrected chi connectivity index (χ1v) is 12.1. The van der Waals surface area contributed by atoms with Crippen LogP contribution in [-0.2, 0) is 16.2 Å². The van der Waals surface area contributed by atoms with Gasteiger partial charge in [0.05, 0.1) is 22.8 Å². The Hall–Kier alpha value is -3.18. The van der Waals surface area contributed by atoms with Crippen LogP contribution in [0.4, 0.5) is 19.0 Å². The minimum atomic E-state index is -4.61. The van der Waals surface area contributed by atoms with E-state index in [1.165, 1.54) is 10.4 Å². The van der Waals surface area contributed by atoms with Crippen LogP contribution < -0.4 is 9.64 Å². The molecule has 1 aliphatic rings. The van der Waals surface area contributed by atoms with Crippen molar-refractivity contribution in [2.45, 2.75) is 18.0 Å². The Morgan fingerprint density at radius 2 is 1.65 bits per heavy atom. The first-order chi connectivity index (χ1) is 16.2. The SMILES string of the molecule is CCOc1ccc(-c2ccc(N3CCN(S(=O)(=O)c4cccc(C(F)(F)F)c4)CC3)nn2)cc1. The maximum atomic E-state index is 13.0. The molecule has 0 bridgehead atoms. The number of anilines is 1. The Morgan fingerprint density at radius 1 is 0.941 bits per heavy atom. The molecular weight excluding hydrogens is 469 g/mol. The van der Waals surface area contributed by atoms with Gasteiger partial charge >= 0.3 is 6.18 Å². The molecule has 11 heteroatoms. The summed E-state index contributed by atoms with van der Waals surface area (Å²) in [7, 11) is -4.04. The van der Waals surface area contributed by atoms with Crippen LogP contribution in [0.15, 0.2) is 65.6 Å². The average molecular weight is 493 g/mol. The maximum absolute atomic E-state index is 13.0. The van der Waals surface area contributed by atoms with E-state index in [0.717, 1.165) is 23.4 Å². The number of nitrogens with zero attached hydrogens (tertiary/aromatic N) is 4. The average Bonchev–Trinajstić information content (AvgIpc) is 2.84. The van der Waals surface area contributed by atoms with Crippen molar-refractivity contribution in [1.29, 1.82) is 0 Å². The van der Waals surface area contributed by atoms with Crippen molar-refractivity contribution in [3.8, 4) is 17.0 Å². The number of ether oxygens (including phenoxy) is 1. The molecule has 0 N–H and O–H groups in total. The zero-order valence-corrected chi connectivity index (χ0v) is 19.2. The predicted molar refractivity (Wildman–Crippen MR) is 121 cm³/mol. The van der Waals surface area contributed by atoms with E-state index in [1.807, 2.05) is 48.2 Å². The molecule has 34 heavy (non-hydrogen) atoms. The monoisotopic (exact) mass is 492 g/mol. The van der Waals surface area contributed by atoms with E-state index >= 15 is 0 Å². The predicted octanol–water partition coefficient (Wildman–Crippen LogP) is 4.07. The van der Waals surface area contributed by atoms with Crippen molar-refractivity contribution < 1.29 is 26.3 Å². The third-order valence-electron chi connectivity index (χ3n) is 5.47. The second kappa shape index (κ2) is 9.59. The number of aromatic nitrogens is 2. The number of benzene rings is 2. The quantitative estimate of drug-likeness (QED) is 0.517. The molecule has 0 saturated carbocycles. The maximum Gasteiger partial charge on any atom is 0.416 e. The zero-order valence-electron chi connectivity index (χ0n) is 18.4. The van der Waals surface area contributed by atoms with E-state index in [-0.39, 0.29) is 18.0 Å². The molecule has 3 aromatic rings. The Balaban J connectivity index is 1.41. The highest BCUT2D eigenvalue weighted by Crippen LogP contribution is 2.31. The van der Waals surface area contributed by atoms with Crippen LogP contribution in [0.5, 0.6) is 5.75 Å². The first kappa shape index (κ1) is 24.0. The standard InChI is InChI=1S/C23H23F3N4O3S/c1-2-33-19-8-6-17(7-9-19)21-10-11-22(28-27-21)29-12-14-30(15-13-29)34(31,32)20-5-3-4-18(16-20)23(24,25)26/h3-11,16H,2,12-15H2,1H3. The van der Waals surface area contributed by atoms with Crippen LogP contribution >= 0.6 is 0 Å². The second-order valence-electron chi connectivity index (χ2n) is 7.65. The molecule has 7 nitrogen and oxygen atoms in total. The summed E-state index contributed by atoms with van der Waals surface area (Å²) in [5, 5.41) is 8.55. The van der Waals surface area contributed by atoms with Gasteiger partial charge in [-0.05, 0) is 61.5 Å². The zero-order chi connectivity index (χ0) is 24.3. The van der Waals surface area contributed by atoms with Crippen LogP contribution in [0.25, 0.3) is 11.3 Å². The highest BCUT2D eigenvalue weighted by Gasteiger charge is 2.34. The van der Waals surface area contributed by atoms with E-state index in [9.17, 15) is 21.6 Å². The lowest BCUT2D eigenvalue weighted by molar-refractivity contribution is -0.137. The van der Waals surface area contributed by atoms with Crippen LogP contribution in [0.1, 0.15) is 12.5 Å². The minimum absolute atomic E-state index is 0.126. The lowest BCUT2D eigenvalue weighted by Crippen LogP contribution is -2.49. The molecule has 1 aliphatic heterocycles. The summed E-state index contributed by atoms with van der Waals surface area (Å²) in [5.41, 5.74) is 0.590. The molecule has 180 valence electrons. The molecular formula is C23H23F3N4O3S. The molecule has 4 rings (SSSR count). The van der Waals surface area contributed by atoms with Crippen molar-refractivity contribution in [1.82, 2.24) is 14.5 Å². The van der Waals surface area contributed by atoms with Gasteiger partial charge in [-0.25, -0.2) is 8.42 Å². The Bertz CT molecular complexity index is 1230. The van der Waals surface area contributed by atoms with Crippen molar-refractivity contribution >= 4 is 15.8 Å². The summed E-state index contributed by atoms with van der Waals surface area (Å²) in [6.07, 6.45) is -4.61. The molecule has 2 heterocycles. The smallest absolute Gasteiger partial charge is 0.416 e. The second-order valence-corrected chi connectivity index (χ2v) is 9.59. The third kappa shape index (κ3) is 5.15. The van der Waals surface area contributed by atoms with Gasteiger partial charge in [0.15, 0.2) is 5.82 Å². The molecule has 1 fully saturated rings. The number of sulfonamides is 1. The fourth-order valence-corrected chi connectivity index (χ4v) is 5.14. The molecule has 0 amide bonds. The number of piperazine rings is 1.